The Morgan fingerprint density at radius 1 is 1.62 bits per heavy atom. The van der Waals surface area contributed by atoms with Crippen LogP contribution in [0.25, 0.3) is 0 Å². The molecule has 0 heterocycles. The van der Waals surface area contributed by atoms with Crippen LogP contribution in [0, 0.1) is 0 Å². The van der Waals surface area contributed by atoms with Crippen molar-refractivity contribution in [1.29, 1.82) is 0 Å². The summed E-state index contributed by atoms with van der Waals surface area (Å²) in [6.45, 7) is 6.41. The van der Waals surface area contributed by atoms with E-state index in [-0.39, 0.29) is 12.5 Å². The molecule has 74 valence electrons. The highest BCUT2D eigenvalue weighted by Crippen LogP contribution is 2.02. The summed E-state index contributed by atoms with van der Waals surface area (Å²) in [7, 11) is 1.76. The number of carbonyl (C=O) groups excluding carboxylic acids is 1. The van der Waals surface area contributed by atoms with Gasteiger partial charge in [0.25, 0.3) is 0 Å². The molecule has 3 nitrogen and oxygen atoms in total. The fourth-order valence-electron chi connectivity index (χ4n) is 0.942. The van der Waals surface area contributed by atoms with Crippen LogP contribution >= 0.6 is 0 Å². The van der Waals surface area contributed by atoms with Gasteiger partial charge in [-0.1, -0.05) is 24.3 Å². The van der Waals surface area contributed by atoms with Crippen molar-refractivity contribution in [2.24, 2.45) is 5.73 Å². The molecule has 0 aromatic carbocycles. The molecule has 0 saturated carbocycles. The third kappa shape index (κ3) is 4.48. The zero-order valence-corrected chi connectivity index (χ0v) is 8.42. The van der Waals surface area contributed by atoms with Gasteiger partial charge in [-0.25, -0.2) is 0 Å². The van der Waals surface area contributed by atoms with Crippen molar-refractivity contribution in [3.63, 3.8) is 0 Å². The standard InChI is InChI=1S/C10H18N2O/c1-4-9(5-2)6-7-12(3)10(13)8-11/h4-5H,1,6-8,11H2,2-3H3/b9-5+. The van der Waals surface area contributed by atoms with E-state index in [0.717, 1.165) is 12.0 Å². The molecule has 13 heavy (non-hydrogen) atoms. The molecule has 2 N–H and O–H groups in total. The predicted molar refractivity (Wildman–Crippen MR) is 55.3 cm³/mol. The second-order valence-electron chi connectivity index (χ2n) is 2.84. The van der Waals surface area contributed by atoms with Gasteiger partial charge in [0.15, 0.2) is 0 Å². The van der Waals surface area contributed by atoms with Crippen LogP contribution in [-0.4, -0.2) is 30.9 Å². The van der Waals surface area contributed by atoms with E-state index in [2.05, 4.69) is 6.58 Å². The highest BCUT2D eigenvalue weighted by molar-refractivity contribution is 5.77. The second kappa shape index (κ2) is 6.43. The molecule has 0 aromatic heterocycles. The lowest BCUT2D eigenvalue weighted by Crippen LogP contribution is -2.33. The monoisotopic (exact) mass is 182 g/mol. The molecule has 0 rings (SSSR count). The lowest BCUT2D eigenvalue weighted by Gasteiger charge is -2.15. The van der Waals surface area contributed by atoms with Crippen molar-refractivity contribution in [3.05, 3.63) is 24.3 Å². The Hall–Kier alpha value is -1.09. The van der Waals surface area contributed by atoms with Crippen molar-refractivity contribution < 1.29 is 4.79 Å². The van der Waals surface area contributed by atoms with Crippen LogP contribution < -0.4 is 5.73 Å². The molecule has 0 aromatic rings. The molecule has 0 bridgehead atoms. The smallest absolute Gasteiger partial charge is 0.236 e. The normalized spacial score (nSPS) is 11.2. The van der Waals surface area contributed by atoms with Crippen LogP contribution in [0.1, 0.15) is 13.3 Å². The first-order valence-corrected chi connectivity index (χ1v) is 4.37. The largest absolute Gasteiger partial charge is 0.344 e. The number of hydrogen-bond donors (Lipinski definition) is 1. The Morgan fingerprint density at radius 3 is 2.62 bits per heavy atom. The first-order valence-electron chi connectivity index (χ1n) is 4.37. The van der Waals surface area contributed by atoms with Gasteiger partial charge < -0.3 is 10.6 Å². The van der Waals surface area contributed by atoms with Crippen LogP contribution in [0.2, 0.25) is 0 Å². The number of likely N-dealkylation sites (N-methyl/N-ethyl adjacent to an activating group) is 1. The fraction of sp³-hybridized carbons (Fsp3) is 0.500. The van der Waals surface area contributed by atoms with Crippen molar-refractivity contribution in [2.75, 3.05) is 20.1 Å². The van der Waals surface area contributed by atoms with E-state index < -0.39 is 0 Å². The Kier molecular flexibility index (Phi) is 5.89. The van der Waals surface area contributed by atoms with Gasteiger partial charge in [-0.2, -0.15) is 0 Å². The zero-order valence-electron chi connectivity index (χ0n) is 8.42. The summed E-state index contributed by atoms with van der Waals surface area (Å²) in [5.41, 5.74) is 6.37. The maximum absolute atomic E-state index is 11.1. The Balaban J connectivity index is 3.88. The summed E-state index contributed by atoms with van der Waals surface area (Å²) < 4.78 is 0. The zero-order chi connectivity index (χ0) is 10.3. The number of nitrogens with two attached hydrogens (primary N) is 1. The van der Waals surface area contributed by atoms with Crippen LogP contribution in [0.4, 0.5) is 0 Å². The van der Waals surface area contributed by atoms with Gasteiger partial charge in [0, 0.05) is 13.6 Å². The molecule has 0 fully saturated rings. The number of rotatable bonds is 5. The maximum atomic E-state index is 11.1. The molecule has 3 heteroatoms. The van der Waals surface area contributed by atoms with E-state index in [1.165, 1.54) is 0 Å². The van der Waals surface area contributed by atoms with Gasteiger partial charge in [0.1, 0.15) is 0 Å². The molecule has 0 unspecified atom stereocenters. The molecule has 0 aliphatic carbocycles. The summed E-state index contributed by atoms with van der Waals surface area (Å²) in [6.07, 6.45) is 4.64. The lowest BCUT2D eigenvalue weighted by molar-refractivity contribution is -0.128. The van der Waals surface area contributed by atoms with Crippen LogP contribution in [0.5, 0.6) is 0 Å². The number of allylic oxidation sites excluding steroid dienone is 2. The van der Waals surface area contributed by atoms with E-state index in [1.54, 1.807) is 18.0 Å². The summed E-state index contributed by atoms with van der Waals surface area (Å²) in [6, 6.07) is 0. The number of nitrogens with zero attached hydrogens (tertiary/aromatic N) is 1. The molecule has 0 atom stereocenters. The number of hydrogen-bond acceptors (Lipinski definition) is 2. The summed E-state index contributed by atoms with van der Waals surface area (Å²) in [5, 5.41) is 0. The third-order valence-electron chi connectivity index (χ3n) is 1.97. The predicted octanol–water partition coefficient (Wildman–Crippen LogP) is 0.926. The van der Waals surface area contributed by atoms with E-state index >= 15 is 0 Å². The fourth-order valence-corrected chi connectivity index (χ4v) is 0.942. The SMILES string of the molecule is C=C/C(=C\C)CCN(C)C(=O)CN. The topological polar surface area (TPSA) is 46.3 Å². The molecule has 0 spiro atoms. The van der Waals surface area contributed by atoms with E-state index in [4.69, 9.17) is 5.73 Å². The second-order valence-corrected chi connectivity index (χ2v) is 2.84. The number of carbonyl (C=O) groups is 1. The minimum absolute atomic E-state index is 0.0282. The molecule has 1 amide bonds. The molecular formula is C10H18N2O. The van der Waals surface area contributed by atoms with Crippen LogP contribution in [-0.2, 0) is 4.79 Å². The van der Waals surface area contributed by atoms with Crippen LogP contribution in [0.15, 0.2) is 24.3 Å². The van der Waals surface area contributed by atoms with Crippen molar-refractivity contribution in [1.82, 2.24) is 4.90 Å². The van der Waals surface area contributed by atoms with Gasteiger partial charge in [0.05, 0.1) is 6.54 Å². The average molecular weight is 182 g/mol. The maximum Gasteiger partial charge on any atom is 0.236 e. The van der Waals surface area contributed by atoms with E-state index in [0.29, 0.717) is 6.54 Å². The quantitative estimate of drug-likeness (QED) is 0.643. The molecule has 0 radical (unpaired) electrons. The Bertz CT molecular complexity index is 209. The molecule has 0 aliphatic heterocycles. The first kappa shape index (κ1) is 11.9. The summed E-state index contributed by atoms with van der Waals surface area (Å²) in [5.74, 6) is -0.0282. The Labute approximate surface area is 79.9 Å². The molecule has 0 aliphatic rings. The highest BCUT2D eigenvalue weighted by Gasteiger charge is 2.04. The highest BCUT2D eigenvalue weighted by atomic mass is 16.2. The third-order valence-corrected chi connectivity index (χ3v) is 1.97. The average Bonchev–Trinajstić information content (AvgIpc) is 2.17. The van der Waals surface area contributed by atoms with Crippen LogP contribution in [0.3, 0.4) is 0 Å². The van der Waals surface area contributed by atoms with Crippen molar-refractivity contribution in [3.8, 4) is 0 Å². The first-order chi connectivity index (χ1) is 6.15. The molecule has 0 saturated heterocycles. The van der Waals surface area contributed by atoms with E-state index in [1.807, 2.05) is 13.0 Å². The van der Waals surface area contributed by atoms with Crippen molar-refractivity contribution in [2.45, 2.75) is 13.3 Å². The van der Waals surface area contributed by atoms with E-state index in [9.17, 15) is 4.79 Å². The van der Waals surface area contributed by atoms with Gasteiger partial charge in [0.2, 0.25) is 5.91 Å². The van der Waals surface area contributed by atoms with Gasteiger partial charge in [-0.05, 0) is 13.3 Å². The minimum atomic E-state index is -0.0282. The number of amides is 1. The van der Waals surface area contributed by atoms with Gasteiger partial charge >= 0.3 is 0 Å². The Morgan fingerprint density at radius 2 is 2.23 bits per heavy atom. The lowest BCUT2D eigenvalue weighted by atomic mass is 10.2. The van der Waals surface area contributed by atoms with Crippen molar-refractivity contribution >= 4 is 5.91 Å². The van der Waals surface area contributed by atoms with Gasteiger partial charge in [-0.15, -0.1) is 0 Å². The summed E-state index contributed by atoms with van der Waals surface area (Å²) >= 11 is 0. The molecular weight excluding hydrogens is 164 g/mol. The minimum Gasteiger partial charge on any atom is -0.344 e. The van der Waals surface area contributed by atoms with Gasteiger partial charge in [-0.3, -0.25) is 4.79 Å². The summed E-state index contributed by atoms with van der Waals surface area (Å²) in [4.78, 5) is 12.7.